The summed E-state index contributed by atoms with van der Waals surface area (Å²) < 4.78 is 6.02. The topological polar surface area (TPSA) is 50.4 Å². The molecule has 2 aliphatic carbocycles. The highest BCUT2D eigenvalue weighted by Crippen LogP contribution is 2.48. The maximum absolute atomic E-state index is 12.4. The van der Waals surface area contributed by atoms with E-state index in [-0.39, 0.29) is 17.4 Å². The first-order chi connectivity index (χ1) is 11.4. The van der Waals surface area contributed by atoms with Gasteiger partial charge < -0.3 is 15.4 Å². The van der Waals surface area contributed by atoms with Gasteiger partial charge in [0.1, 0.15) is 12.4 Å². The van der Waals surface area contributed by atoms with Gasteiger partial charge in [-0.2, -0.15) is 0 Å². The summed E-state index contributed by atoms with van der Waals surface area (Å²) in [6.45, 7) is 8.65. The molecule has 1 amide bonds. The van der Waals surface area contributed by atoms with Crippen LogP contribution in [0, 0.1) is 24.7 Å². The fraction of sp³-hybridized carbons (Fsp3) is 0.650. The molecule has 0 spiro atoms. The Morgan fingerprint density at radius 2 is 2.00 bits per heavy atom. The van der Waals surface area contributed by atoms with Gasteiger partial charge >= 0.3 is 0 Å². The zero-order chi connectivity index (χ0) is 16.9. The first kappa shape index (κ1) is 15.9. The fourth-order valence-electron chi connectivity index (χ4n) is 4.02. The van der Waals surface area contributed by atoms with Crippen LogP contribution in [-0.4, -0.2) is 31.1 Å². The predicted molar refractivity (Wildman–Crippen MR) is 94.2 cm³/mol. The molecule has 3 fully saturated rings. The van der Waals surface area contributed by atoms with E-state index in [4.69, 9.17) is 4.74 Å². The van der Waals surface area contributed by atoms with Crippen molar-refractivity contribution in [3.8, 4) is 5.75 Å². The molecule has 0 bridgehead atoms. The molecule has 1 aliphatic heterocycles. The van der Waals surface area contributed by atoms with Crippen LogP contribution in [0.3, 0.4) is 0 Å². The van der Waals surface area contributed by atoms with Crippen LogP contribution in [-0.2, 0) is 4.79 Å². The minimum absolute atomic E-state index is 0.195. The van der Waals surface area contributed by atoms with Crippen LogP contribution in [0.1, 0.15) is 43.7 Å². The highest BCUT2D eigenvalue weighted by molar-refractivity contribution is 5.83. The van der Waals surface area contributed by atoms with Crippen molar-refractivity contribution in [2.45, 2.75) is 45.1 Å². The van der Waals surface area contributed by atoms with Gasteiger partial charge in [-0.15, -0.1) is 0 Å². The Hall–Kier alpha value is -1.55. The van der Waals surface area contributed by atoms with E-state index >= 15 is 0 Å². The van der Waals surface area contributed by atoms with Gasteiger partial charge in [0.05, 0.1) is 5.54 Å². The molecule has 24 heavy (non-hydrogen) atoms. The highest BCUT2D eigenvalue weighted by atomic mass is 16.5. The number of hydrogen-bond donors (Lipinski definition) is 2. The summed E-state index contributed by atoms with van der Waals surface area (Å²) in [4.78, 5) is 12.4. The van der Waals surface area contributed by atoms with E-state index in [0.717, 1.165) is 24.8 Å². The van der Waals surface area contributed by atoms with E-state index in [1.165, 1.54) is 24.0 Å². The molecule has 1 heterocycles. The first-order valence-electron chi connectivity index (χ1n) is 9.21. The molecule has 4 rings (SSSR count). The van der Waals surface area contributed by atoms with E-state index < -0.39 is 0 Å². The Labute approximate surface area is 144 Å². The number of aryl methyl sites for hydroxylation is 1. The molecule has 4 heteroatoms. The second-order valence-corrected chi connectivity index (χ2v) is 8.47. The Bertz CT molecular complexity index is 641. The standard InChI is InChI=1S/C20H28N2O2/c1-12-8-14(13-4-5-13)6-7-17(12)24-11-20(2,3)22-19(23)18-15-9-21-10-16(15)18/h6-8,13,15-16,18,21H,4-5,9-11H2,1-3H3,(H,22,23)/t15-,16+,18+. The van der Waals surface area contributed by atoms with Gasteiger partial charge in [-0.1, -0.05) is 12.1 Å². The van der Waals surface area contributed by atoms with Gasteiger partial charge in [-0.25, -0.2) is 0 Å². The van der Waals surface area contributed by atoms with Crippen LogP contribution in [0.4, 0.5) is 0 Å². The second-order valence-electron chi connectivity index (χ2n) is 8.47. The molecule has 1 saturated heterocycles. The first-order valence-corrected chi connectivity index (χ1v) is 9.21. The summed E-state index contributed by atoms with van der Waals surface area (Å²) in [5.74, 6) is 3.21. The monoisotopic (exact) mass is 328 g/mol. The zero-order valence-electron chi connectivity index (χ0n) is 14.9. The summed E-state index contributed by atoms with van der Waals surface area (Å²) in [6.07, 6.45) is 2.63. The zero-order valence-corrected chi connectivity index (χ0v) is 14.9. The van der Waals surface area contributed by atoms with Crippen LogP contribution >= 0.6 is 0 Å². The number of hydrogen-bond acceptors (Lipinski definition) is 3. The smallest absolute Gasteiger partial charge is 0.224 e. The normalized spacial score (nSPS) is 28.4. The quantitative estimate of drug-likeness (QED) is 0.844. The lowest BCUT2D eigenvalue weighted by molar-refractivity contribution is -0.125. The lowest BCUT2D eigenvalue weighted by atomic mass is 10.1. The summed E-state index contributed by atoms with van der Waals surface area (Å²) >= 11 is 0. The molecule has 1 aromatic carbocycles. The average molecular weight is 328 g/mol. The van der Waals surface area contributed by atoms with Crippen LogP contribution in [0.15, 0.2) is 18.2 Å². The SMILES string of the molecule is Cc1cc(C2CC2)ccc1OCC(C)(C)NC(=O)[C@H]1[C@@H]2CNC[C@@H]21. The van der Waals surface area contributed by atoms with E-state index in [9.17, 15) is 4.79 Å². The minimum Gasteiger partial charge on any atom is -0.491 e. The molecule has 2 saturated carbocycles. The molecular weight excluding hydrogens is 300 g/mol. The van der Waals surface area contributed by atoms with E-state index in [0.29, 0.717) is 18.4 Å². The van der Waals surface area contributed by atoms with Crippen LogP contribution in [0.5, 0.6) is 5.75 Å². The Morgan fingerprint density at radius 1 is 1.29 bits per heavy atom. The number of amides is 1. The van der Waals surface area contributed by atoms with Gasteiger partial charge in [0.15, 0.2) is 0 Å². The summed E-state index contributed by atoms with van der Waals surface area (Å²) in [5, 5.41) is 6.52. The molecule has 3 aliphatic rings. The largest absolute Gasteiger partial charge is 0.491 e. The Balaban J connectivity index is 1.31. The number of benzene rings is 1. The van der Waals surface area contributed by atoms with Crippen LogP contribution < -0.4 is 15.4 Å². The van der Waals surface area contributed by atoms with Gasteiger partial charge in [-0.05, 0) is 81.6 Å². The van der Waals surface area contributed by atoms with Crippen molar-refractivity contribution in [3.05, 3.63) is 29.3 Å². The third-order valence-electron chi connectivity index (χ3n) is 5.69. The predicted octanol–water partition coefficient (Wildman–Crippen LogP) is 2.61. The van der Waals surface area contributed by atoms with E-state index in [1.807, 2.05) is 13.8 Å². The van der Waals surface area contributed by atoms with Gasteiger partial charge in [-0.3, -0.25) is 4.79 Å². The summed E-state index contributed by atoms with van der Waals surface area (Å²) in [5.41, 5.74) is 2.26. The summed E-state index contributed by atoms with van der Waals surface area (Å²) in [6, 6.07) is 6.51. The maximum atomic E-state index is 12.4. The van der Waals surface area contributed by atoms with Crippen molar-refractivity contribution in [1.29, 1.82) is 0 Å². The molecule has 2 N–H and O–H groups in total. The molecule has 130 valence electrons. The van der Waals surface area contributed by atoms with Gasteiger partial charge in [0, 0.05) is 5.92 Å². The molecule has 1 aromatic rings. The van der Waals surface area contributed by atoms with Gasteiger partial charge in [0.2, 0.25) is 5.91 Å². The third-order valence-corrected chi connectivity index (χ3v) is 5.69. The highest BCUT2D eigenvalue weighted by Gasteiger charge is 2.57. The van der Waals surface area contributed by atoms with Crippen molar-refractivity contribution in [1.82, 2.24) is 10.6 Å². The molecular formula is C20H28N2O2. The van der Waals surface area contributed by atoms with Crippen LogP contribution in [0.2, 0.25) is 0 Å². The molecule has 4 nitrogen and oxygen atoms in total. The number of piperidine rings is 1. The summed E-state index contributed by atoms with van der Waals surface area (Å²) in [7, 11) is 0. The van der Waals surface area contributed by atoms with Crippen molar-refractivity contribution in [2.24, 2.45) is 17.8 Å². The lowest BCUT2D eigenvalue weighted by Crippen LogP contribution is -2.49. The molecule has 0 radical (unpaired) electrons. The Morgan fingerprint density at radius 3 is 2.62 bits per heavy atom. The van der Waals surface area contributed by atoms with Crippen molar-refractivity contribution in [3.63, 3.8) is 0 Å². The number of rotatable bonds is 6. The van der Waals surface area contributed by atoms with Crippen LogP contribution in [0.25, 0.3) is 0 Å². The van der Waals surface area contributed by atoms with Crippen molar-refractivity contribution in [2.75, 3.05) is 19.7 Å². The Kier molecular flexibility index (Phi) is 3.83. The molecule has 0 unspecified atom stereocenters. The molecule has 0 aromatic heterocycles. The van der Waals surface area contributed by atoms with Crippen molar-refractivity contribution < 1.29 is 9.53 Å². The van der Waals surface area contributed by atoms with Crippen molar-refractivity contribution >= 4 is 5.91 Å². The molecule has 3 atom stereocenters. The van der Waals surface area contributed by atoms with E-state index in [1.54, 1.807) is 0 Å². The lowest BCUT2D eigenvalue weighted by Gasteiger charge is -2.27. The number of carbonyl (C=O) groups is 1. The van der Waals surface area contributed by atoms with E-state index in [2.05, 4.69) is 35.8 Å². The second kappa shape index (κ2) is 5.76. The number of fused-ring (bicyclic) bond motifs is 1. The van der Waals surface area contributed by atoms with Gasteiger partial charge in [0.25, 0.3) is 0 Å². The average Bonchev–Trinajstić information content (AvgIpc) is 3.44. The number of carbonyl (C=O) groups excluding carboxylic acids is 1. The number of nitrogens with one attached hydrogen (secondary N) is 2. The number of ether oxygens (including phenoxy) is 1. The minimum atomic E-state index is -0.358. The fourth-order valence-corrected chi connectivity index (χ4v) is 4.02. The maximum Gasteiger partial charge on any atom is 0.224 e. The third kappa shape index (κ3) is 3.16.